The Morgan fingerprint density at radius 2 is 1.72 bits per heavy atom. The standard InChI is InChI=1S/C27H24N2O7/c1-3-15-36-22-6-4-5-18(16-22)24-23(25(30)17-7-9-20(10-8-17)29(33)34)26(31)27(32)28(24)19-11-13-21(35-2)14-12-19/h4-14,16,24,30H,3,15H2,1-2H3/b25-23+. The fourth-order valence-corrected chi connectivity index (χ4v) is 4.05. The number of hydrogen-bond donors (Lipinski definition) is 1. The summed E-state index contributed by atoms with van der Waals surface area (Å²) in [7, 11) is 1.52. The van der Waals surface area contributed by atoms with Gasteiger partial charge in [0.1, 0.15) is 17.3 Å². The van der Waals surface area contributed by atoms with Gasteiger partial charge in [-0.1, -0.05) is 19.1 Å². The molecule has 184 valence electrons. The summed E-state index contributed by atoms with van der Waals surface area (Å²) in [6, 6.07) is 17.8. The number of carbonyl (C=O) groups excluding carboxylic acids is 2. The van der Waals surface area contributed by atoms with Crippen LogP contribution in [0, 0.1) is 10.1 Å². The number of hydrogen-bond acceptors (Lipinski definition) is 7. The van der Waals surface area contributed by atoms with Crippen LogP contribution in [0.2, 0.25) is 0 Å². The molecule has 1 aliphatic heterocycles. The van der Waals surface area contributed by atoms with Crippen LogP contribution in [-0.4, -0.2) is 35.4 Å². The number of rotatable bonds is 8. The first kappa shape index (κ1) is 24.5. The smallest absolute Gasteiger partial charge is 0.300 e. The lowest BCUT2D eigenvalue weighted by molar-refractivity contribution is -0.384. The Morgan fingerprint density at radius 1 is 1.03 bits per heavy atom. The Labute approximate surface area is 207 Å². The van der Waals surface area contributed by atoms with Crippen molar-refractivity contribution < 1.29 is 29.1 Å². The van der Waals surface area contributed by atoms with Crippen molar-refractivity contribution in [2.45, 2.75) is 19.4 Å². The van der Waals surface area contributed by atoms with Crippen LogP contribution in [0.5, 0.6) is 11.5 Å². The molecule has 0 aromatic heterocycles. The van der Waals surface area contributed by atoms with Gasteiger partial charge < -0.3 is 14.6 Å². The molecule has 0 aliphatic carbocycles. The van der Waals surface area contributed by atoms with Gasteiger partial charge in [0.05, 0.1) is 30.3 Å². The molecule has 3 aromatic carbocycles. The summed E-state index contributed by atoms with van der Waals surface area (Å²) in [4.78, 5) is 38.3. The van der Waals surface area contributed by atoms with E-state index in [9.17, 15) is 24.8 Å². The molecule has 1 N–H and O–H groups in total. The maximum atomic E-state index is 13.3. The van der Waals surface area contributed by atoms with E-state index >= 15 is 0 Å². The Hall–Kier alpha value is -4.66. The third-order valence-corrected chi connectivity index (χ3v) is 5.79. The molecule has 1 saturated heterocycles. The number of benzene rings is 3. The van der Waals surface area contributed by atoms with Crippen molar-refractivity contribution in [1.29, 1.82) is 0 Å². The number of nitro groups is 1. The molecule has 9 heteroatoms. The number of aliphatic hydroxyl groups excluding tert-OH is 1. The second-order valence-electron chi connectivity index (χ2n) is 8.09. The molecule has 3 aromatic rings. The minimum Gasteiger partial charge on any atom is -0.507 e. The Morgan fingerprint density at radius 3 is 2.33 bits per heavy atom. The number of nitro benzene ring substituents is 1. The fraction of sp³-hybridized carbons (Fsp3) is 0.185. The minimum atomic E-state index is -0.959. The van der Waals surface area contributed by atoms with Crippen LogP contribution in [-0.2, 0) is 9.59 Å². The van der Waals surface area contributed by atoms with E-state index in [0.29, 0.717) is 29.4 Å². The Kier molecular flexibility index (Phi) is 7.00. The van der Waals surface area contributed by atoms with Gasteiger partial charge in [0, 0.05) is 23.4 Å². The monoisotopic (exact) mass is 488 g/mol. The number of carbonyl (C=O) groups is 2. The number of ether oxygens (including phenoxy) is 2. The van der Waals surface area contributed by atoms with Crippen molar-refractivity contribution in [3.63, 3.8) is 0 Å². The van der Waals surface area contributed by atoms with Gasteiger partial charge >= 0.3 is 0 Å². The molecule has 0 spiro atoms. The Bertz CT molecular complexity index is 1330. The molecule has 1 heterocycles. The molecule has 0 bridgehead atoms. The zero-order valence-corrected chi connectivity index (χ0v) is 19.7. The van der Waals surface area contributed by atoms with E-state index in [0.717, 1.165) is 6.42 Å². The summed E-state index contributed by atoms with van der Waals surface area (Å²) in [6.07, 6.45) is 0.800. The van der Waals surface area contributed by atoms with Gasteiger partial charge in [0.2, 0.25) is 0 Å². The molecule has 1 unspecified atom stereocenters. The number of anilines is 1. The molecule has 0 radical (unpaired) electrons. The first-order chi connectivity index (χ1) is 17.3. The van der Waals surface area contributed by atoms with Crippen molar-refractivity contribution in [3.8, 4) is 11.5 Å². The summed E-state index contributed by atoms with van der Waals surface area (Å²) in [6.45, 7) is 2.47. The topological polar surface area (TPSA) is 119 Å². The van der Waals surface area contributed by atoms with Crippen LogP contribution in [0.1, 0.15) is 30.5 Å². The number of aliphatic hydroxyl groups is 1. The summed E-state index contributed by atoms with van der Waals surface area (Å²) < 4.78 is 11.0. The SMILES string of the molecule is CCCOc1cccc(C2/C(=C(\O)c3ccc([N+](=O)[O-])cc3)C(=O)C(=O)N2c2ccc(OC)cc2)c1. The summed E-state index contributed by atoms with van der Waals surface area (Å²) >= 11 is 0. The van der Waals surface area contributed by atoms with Crippen LogP contribution < -0.4 is 14.4 Å². The molecule has 36 heavy (non-hydrogen) atoms. The van der Waals surface area contributed by atoms with Crippen LogP contribution in [0.15, 0.2) is 78.4 Å². The van der Waals surface area contributed by atoms with Crippen molar-refractivity contribution >= 4 is 28.8 Å². The average Bonchev–Trinajstić information content (AvgIpc) is 3.17. The average molecular weight is 488 g/mol. The van der Waals surface area contributed by atoms with E-state index in [2.05, 4.69) is 0 Å². The number of methoxy groups -OCH3 is 1. The third kappa shape index (κ3) is 4.63. The maximum absolute atomic E-state index is 13.3. The molecule has 9 nitrogen and oxygen atoms in total. The van der Waals surface area contributed by atoms with Gasteiger partial charge in [0.25, 0.3) is 17.4 Å². The molecule has 0 saturated carbocycles. The van der Waals surface area contributed by atoms with E-state index in [1.165, 1.54) is 36.3 Å². The van der Waals surface area contributed by atoms with Gasteiger partial charge in [-0.2, -0.15) is 0 Å². The second-order valence-corrected chi connectivity index (χ2v) is 8.09. The van der Waals surface area contributed by atoms with Crippen LogP contribution in [0.3, 0.4) is 0 Å². The van der Waals surface area contributed by atoms with E-state index < -0.39 is 28.4 Å². The van der Waals surface area contributed by atoms with Gasteiger partial charge in [-0.25, -0.2) is 0 Å². The van der Waals surface area contributed by atoms with Crippen LogP contribution in [0.25, 0.3) is 5.76 Å². The lowest BCUT2D eigenvalue weighted by atomic mass is 9.95. The minimum absolute atomic E-state index is 0.127. The molecular formula is C27H24N2O7. The lowest BCUT2D eigenvalue weighted by Crippen LogP contribution is -2.29. The Balaban J connectivity index is 1.88. The summed E-state index contributed by atoms with van der Waals surface area (Å²) in [5, 5.41) is 22.2. The molecule has 4 rings (SSSR count). The lowest BCUT2D eigenvalue weighted by Gasteiger charge is -2.26. The highest BCUT2D eigenvalue weighted by molar-refractivity contribution is 6.51. The summed E-state index contributed by atoms with van der Waals surface area (Å²) in [5.74, 6) is -0.970. The molecule has 1 fully saturated rings. The van der Waals surface area contributed by atoms with Gasteiger partial charge in [-0.15, -0.1) is 0 Å². The van der Waals surface area contributed by atoms with Crippen molar-refractivity contribution in [1.82, 2.24) is 0 Å². The highest BCUT2D eigenvalue weighted by atomic mass is 16.6. The van der Waals surface area contributed by atoms with Crippen molar-refractivity contribution in [3.05, 3.63) is 99.6 Å². The maximum Gasteiger partial charge on any atom is 0.300 e. The second kappa shape index (κ2) is 10.3. The number of Topliss-reactive ketones (excluding diaryl/α,β-unsaturated/α-hetero) is 1. The molecular weight excluding hydrogens is 464 g/mol. The fourth-order valence-electron chi connectivity index (χ4n) is 4.05. The van der Waals surface area contributed by atoms with Gasteiger partial charge in [0.15, 0.2) is 0 Å². The van der Waals surface area contributed by atoms with Crippen molar-refractivity contribution in [2.24, 2.45) is 0 Å². The number of amides is 1. The van der Waals surface area contributed by atoms with E-state index in [4.69, 9.17) is 9.47 Å². The first-order valence-electron chi connectivity index (χ1n) is 11.3. The van der Waals surface area contributed by atoms with E-state index in [-0.39, 0.29) is 16.8 Å². The van der Waals surface area contributed by atoms with Gasteiger partial charge in [-0.3, -0.25) is 24.6 Å². The third-order valence-electron chi connectivity index (χ3n) is 5.79. The zero-order chi connectivity index (χ0) is 25.8. The predicted octanol–water partition coefficient (Wildman–Crippen LogP) is 5.02. The van der Waals surface area contributed by atoms with E-state index in [1.54, 1.807) is 48.5 Å². The predicted molar refractivity (Wildman–Crippen MR) is 133 cm³/mol. The molecule has 1 amide bonds. The molecule has 1 atom stereocenters. The summed E-state index contributed by atoms with van der Waals surface area (Å²) in [5.41, 5.74) is 0.879. The van der Waals surface area contributed by atoms with Crippen LogP contribution >= 0.6 is 0 Å². The van der Waals surface area contributed by atoms with E-state index in [1.807, 2.05) is 6.92 Å². The molecule has 1 aliphatic rings. The van der Waals surface area contributed by atoms with Crippen LogP contribution in [0.4, 0.5) is 11.4 Å². The zero-order valence-electron chi connectivity index (χ0n) is 19.7. The highest BCUT2D eigenvalue weighted by Crippen LogP contribution is 2.43. The normalized spacial score (nSPS) is 16.7. The van der Waals surface area contributed by atoms with Crippen molar-refractivity contribution in [2.75, 3.05) is 18.6 Å². The quantitative estimate of drug-likeness (QED) is 0.155. The highest BCUT2D eigenvalue weighted by Gasteiger charge is 2.47. The largest absolute Gasteiger partial charge is 0.507 e. The first-order valence-corrected chi connectivity index (χ1v) is 11.3. The van der Waals surface area contributed by atoms with Gasteiger partial charge in [-0.05, 0) is 60.5 Å². The number of nitrogens with zero attached hydrogens (tertiary/aromatic N) is 2. The number of ketones is 1. The number of non-ortho nitro benzene ring substituents is 1.